The van der Waals surface area contributed by atoms with Gasteiger partial charge in [-0.25, -0.2) is 9.88 Å². The fourth-order valence-corrected chi connectivity index (χ4v) is 6.51. The van der Waals surface area contributed by atoms with E-state index in [-0.39, 0.29) is 11.8 Å². The monoisotopic (exact) mass is 482 g/mol. The lowest BCUT2D eigenvalue weighted by Crippen LogP contribution is -2.43. The van der Waals surface area contributed by atoms with Crippen LogP contribution in [-0.4, -0.2) is 39.6 Å². The standard InChI is InChI=1S/C28H26N4O4/c1-16-14-22(31-17(2)30-16)35-13-12-28-11-10-27(3,36-28)23-24(28)26(34)32(25(23)33)21-9-8-18(15-29)19-6-4-5-7-20(19)21/h4-9,14,23-24H,10-13H2,1-3H3. The van der Waals surface area contributed by atoms with Crippen LogP contribution in [0.2, 0.25) is 0 Å². The van der Waals surface area contributed by atoms with Gasteiger partial charge in [-0.05, 0) is 45.7 Å². The normalized spacial score (nSPS) is 28.6. The molecule has 0 aliphatic carbocycles. The first-order valence-corrected chi connectivity index (χ1v) is 12.2. The van der Waals surface area contributed by atoms with Crippen molar-refractivity contribution in [2.45, 2.75) is 51.2 Å². The van der Waals surface area contributed by atoms with E-state index >= 15 is 0 Å². The molecule has 2 aromatic carbocycles. The molecule has 4 atom stereocenters. The third-order valence-electron chi connectivity index (χ3n) is 7.99. The van der Waals surface area contributed by atoms with E-state index < -0.39 is 23.0 Å². The molecule has 8 heteroatoms. The van der Waals surface area contributed by atoms with Crippen molar-refractivity contribution in [3.63, 3.8) is 0 Å². The number of imide groups is 1. The van der Waals surface area contributed by atoms with Crippen LogP contribution in [0.5, 0.6) is 5.88 Å². The van der Waals surface area contributed by atoms with Crippen molar-refractivity contribution in [1.29, 1.82) is 5.26 Å². The molecule has 4 heterocycles. The van der Waals surface area contributed by atoms with Gasteiger partial charge in [0.05, 0.1) is 47.0 Å². The molecule has 3 aromatic rings. The molecule has 8 nitrogen and oxygen atoms in total. The topological polar surface area (TPSA) is 105 Å². The number of hydrogen-bond acceptors (Lipinski definition) is 7. The molecule has 36 heavy (non-hydrogen) atoms. The van der Waals surface area contributed by atoms with E-state index in [1.165, 1.54) is 4.90 Å². The molecular weight excluding hydrogens is 456 g/mol. The summed E-state index contributed by atoms with van der Waals surface area (Å²) in [4.78, 5) is 37.7. The van der Waals surface area contributed by atoms with E-state index in [2.05, 4.69) is 16.0 Å². The number of hydrogen-bond donors (Lipinski definition) is 0. The number of benzene rings is 2. The van der Waals surface area contributed by atoms with Crippen LogP contribution in [0.25, 0.3) is 10.8 Å². The van der Waals surface area contributed by atoms with E-state index in [9.17, 15) is 14.9 Å². The SMILES string of the molecule is Cc1cc(OCCC23CCC(C)(O2)C2C(=O)N(c4ccc(C#N)c5ccccc45)C(=O)C23)nc(C)n1. The van der Waals surface area contributed by atoms with Gasteiger partial charge < -0.3 is 9.47 Å². The Bertz CT molecular complexity index is 1460. The molecule has 3 fully saturated rings. The van der Waals surface area contributed by atoms with Crippen molar-refractivity contribution in [2.75, 3.05) is 11.5 Å². The smallest absolute Gasteiger partial charge is 0.240 e. The second-order valence-electron chi connectivity index (χ2n) is 10.2. The number of ether oxygens (including phenoxy) is 2. The predicted molar refractivity (Wildman–Crippen MR) is 131 cm³/mol. The van der Waals surface area contributed by atoms with Gasteiger partial charge in [-0.2, -0.15) is 10.2 Å². The first-order valence-electron chi connectivity index (χ1n) is 12.2. The van der Waals surface area contributed by atoms with Crippen molar-refractivity contribution < 1.29 is 19.1 Å². The predicted octanol–water partition coefficient (Wildman–Crippen LogP) is 4.01. The Morgan fingerprint density at radius 1 is 1.08 bits per heavy atom. The summed E-state index contributed by atoms with van der Waals surface area (Å²) in [6.07, 6.45) is 1.88. The zero-order chi connectivity index (χ0) is 25.2. The van der Waals surface area contributed by atoms with Crippen molar-refractivity contribution in [2.24, 2.45) is 11.8 Å². The molecule has 2 bridgehead atoms. The summed E-state index contributed by atoms with van der Waals surface area (Å²) >= 11 is 0. The summed E-state index contributed by atoms with van der Waals surface area (Å²) in [7, 11) is 0. The van der Waals surface area contributed by atoms with Gasteiger partial charge in [0.1, 0.15) is 5.82 Å². The lowest BCUT2D eigenvalue weighted by atomic mass is 9.67. The average Bonchev–Trinajstić information content (AvgIpc) is 3.42. The molecule has 2 amide bonds. The summed E-state index contributed by atoms with van der Waals surface area (Å²) in [6, 6.07) is 14.7. The zero-order valence-electron chi connectivity index (χ0n) is 20.4. The minimum Gasteiger partial charge on any atom is -0.477 e. The summed E-state index contributed by atoms with van der Waals surface area (Å²) in [5.41, 5.74) is 0.392. The van der Waals surface area contributed by atoms with Gasteiger partial charge in [-0.3, -0.25) is 9.59 Å². The van der Waals surface area contributed by atoms with Crippen LogP contribution in [0.1, 0.15) is 43.3 Å². The number of carbonyl (C=O) groups excluding carboxylic acids is 2. The molecule has 0 radical (unpaired) electrons. The molecule has 1 aromatic heterocycles. The van der Waals surface area contributed by atoms with Gasteiger partial charge in [-0.1, -0.05) is 24.3 Å². The van der Waals surface area contributed by atoms with E-state index in [0.29, 0.717) is 54.2 Å². The molecule has 3 aliphatic heterocycles. The number of carbonyl (C=O) groups is 2. The maximum atomic E-state index is 14.0. The number of nitrogens with zero attached hydrogens (tertiary/aromatic N) is 4. The van der Waals surface area contributed by atoms with E-state index in [0.717, 1.165) is 11.1 Å². The van der Waals surface area contributed by atoms with Gasteiger partial charge in [0, 0.05) is 29.0 Å². The number of rotatable bonds is 5. The van der Waals surface area contributed by atoms with Gasteiger partial charge in [0.25, 0.3) is 0 Å². The second kappa shape index (κ2) is 7.84. The average molecular weight is 483 g/mol. The highest BCUT2D eigenvalue weighted by Gasteiger charge is 2.73. The van der Waals surface area contributed by atoms with Crippen LogP contribution in [0, 0.1) is 37.0 Å². The third-order valence-corrected chi connectivity index (χ3v) is 7.99. The Kier molecular flexibility index (Phi) is 4.92. The van der Waals surface area contributed by atoms with Crippen LogP contribution >= 0.6 is 0 Å². The zero-order valence-corrected chi connectivity index (χ0v) is 20.4. The van der Waals surface area contributed by atoms with E-state index in [4.69, 9.17) is 9.47 Å². The molecule has 4 unspecified atom stereocenters. The van der Waals surface area contributed by atoms with E-state index in [1.54, 1.807) is 18.2 Å². The second-order valence-corrected chi connectivity index (χ2v) is 10.2. The Balaban J connectivity index is 1.33. The summed E-state index contributed by atoms with van der Waals surface area (Å²) in [5.74, 6) is -0.460. The van der Waals surface area contributed by atoms with Crippen molar-refractivity contribution in [3.05, 3.63) is 59.5 Å². The fourth-order valence-electron chi connectivity index (χ4n) is 6.51. The van der Waals surface area contributed by atoms with Gasteiger partial charge in [0.2, 0.25) is 17.7 Å². The number of aryl methyl sites for hydroxylation is 2. The lowest BCUT2D eigenvalue weighted by molar-refractivity contribution is -0.131. The number of anilines is 1. The van der Waals surface area contributed by atoms with Crippen molar-refractivity contribution in [1.82, 2.24) is 9.97 Å². The quantitative estimate of drug-likeness (QED) is 0.506. The highest BCUT2D eigenvalue weighted by atomic mass is 16.5. The minimum atomic E-state index is -0.763. The molecular formula is C28H26N4O4. The molecule has 3 aliphatic rings. The number of amides is 2. The van der Waals surface area contributed by atoms with Crippen molar-refractivity contribution in [3.8, 4) is 11.9 Å². The van der Waals surface area contributed by atoms with Crippen LogP contribution < -0.4 is 9.64 Å². The van der Waals surface area contributed by atoms with Crippen LogP contribution in [-0.2, 0) is 14.3 Å². The molecule has 0 N–H and O–H groups in total. The third kappa shape index (κ3) is 3.16. The summed E-state index contributed by atoms with van der Waals surface area (Å²) < 4.78 is 12.5. The minimum absolute atomic E-state index is 0.230. The maximum Gasteiger partial charge on any atom is 0.240 e. The Hall–Kier alpha value is -3.83. The molecule has 0 spiro atoms. The Morgan fingerprint density at radius 3 is 2.58 bits per heavy atom. The summed E-state index contributed by atoms with van der Waals surface area (Å²) in [6.45, 7) is 5.97. The highest BCUT2D eigenvalue weighted by molar-refractivity contribution is 6.26. The van der Waals surface area contributed by atoms with Gasteiger partial charge >= 0.3 is 0 Å². The fraction of sp³-hybridized carbons (Fsp3) is 0.393. The van der Waals surface area contributed by atoms with Crippen LogP contribution in [0.4, 0.5) is 5.69 Å². The molecule has 6 rings (SSSR count). The van der Waals surface area contributed by atoms with Crippen LogP contribution in [0.3, 0.4) is 0 Å². The van der Waals surface area contributed by atoms with Gasteiger partial charge in [-0.15, -0.1) is 0 Å². The van der Waals surface area contributed by atoms with Gasteiger partial charge in [0.15, 0.2) is 0 Å². The molecule has 182 valence electrons. The maximum absolute atomic E-state index is 14.0. The first kappa shape index (κ1) is 22.6. The summed E-state index contributed by atoms with van der Waals surface area (Å²) in [5, 5.41) is 11.0. The first-order chi connectivity index (χ1) is 17.3. The molecule has 0 saturated carbocycles. The van der Waals surface area contributed by atoms with Crippen LogP contribution in [0.15, 0.2) is 42.5 Å². The van der Waals surface area contributed by atoms with Crippen molar-refractivity contribution >= 4 is 28.3 Å². The number of fused-ring (bicyclic) bond motifs is 6. The largest absolute Gasteiger partial charge is 0.477 e. The Morgan fingerprint density at radius 2 is 1.83 bits per heavy atom. The van der Waals surface area contributed by atoms with E-state index in [1.807, 2.05) is 45.0 Å². The molecule has 3 saturated heterocycles. The number of aromatic nitrogens is 2. The lowest BCUT2D eigenvalue weighted by Gasteiger charge is -2.31. The highest BCUT2D eigenvalue weighted by Crippen LogP contribution is 2.62. The Labute approximate surface area is 208 Å². The number of nitriles is 1.